The maximum absolute atomic E-state index is 14.2. The lowest BCUT2D eigenvalue weighted by Crippen LogP contribution is -2.62. The van der Waals surface area contributed by atoms with Gasteiger partial charge in [-0.3, -0.25) is 4.90 Å². The highest BCUT2D eigenvalue weighted by Crippen LogP contribution is 2.40. The fraction of sp³-hybridized carbons (Fsp3) is 0.720. The van der Waals surface area contributed by atoms with Crippen LogP contribution in [0.5, 0.6) is 0 Å². The monoisotopic (exact) mass is 493 g/mol. The Labute approximate surface area is 207 Å². The van der Waals surface area contributed by atoms with Gasteiger partial charge in [0.15, 0.2) is 0 Å². The Morgan fingerprint density at radius 3 is 2.29 bits per heavy atom. The number of fused-ring (bicyclic) bond motifs is 1. The number of alkyl halides is 1. The molecular weight excluding hydrogens is 453 g/mol. The Morgan fingerprint density at radius 2 is 1.71 bits per heavy atom. The van der Waals surface area contributed by atoms with Gasteiger partial charge in [-0.25, -0.2) is 19.2 Å². The van der Waals surface area contributed by atoms with Crippen LogP contribution in [0.1, 0.15) is 68.2 Å². The number of carbonyl (C=O) groups is 1. The van der Waals surface area contributed by atoms with Gasteiger partial charge in [0.1, 0.15) is 23.4 Å². The van der Waals surface area contributed by atoms with Crippen LogP contribution in [0.25, 0.3) is 10.2 Å². The molecule has 9 heteroatoms. The Kier molecular flexibility index (Phi) is 7.65. The second-order valence-corrected chi connectivity index (χ2v) is 11.8. The molecule has 4 heterocycles. The highest BCUT2D eigenvalue weighted by atomic mass is 32.1. The van der Waals surface area contributed by atoms with Crippen LogP contribution < -0.4 is 9.80 Å². The molecule has 0 bridgehead atoms. The average Bonchev–Trinajstić information content (AvgIpc) is 3.17. The minimum Gasteiger partial charge on any atom is -0.444 e. The van der Waals surface area contributed by atoms with Crippen LogP contribution in [-0.2, 0) is 4.74 Å². The molecule has 0 atom stereocenters. The van der Waals surface area contributed by atoms with Gasteiger partial charge in [-0.15, -0.1) is 11.3 Å². The predicted molar refractivity (Wildman–Crippen MR) is 139 cm³/mol. The highest BCUT2D eigenvalue weighted by molar-refractivity contribution is 7.23. The number of piperidine rings is 1. The average molecular weight is 494 g/mol. The number of anilines is 2. The standard InChI is InChI=1S/C23H34FN5O2S.C2H6/c1-21(2,3)31-20(30)29-12-11-28(14-22(29,4)5)19-18-16(25-15-26-19)13-17(32-18)27-9-7-23(6,24)8-10-27;1-2/h13,15H,7-12,14H2,1-6H3;1-2H3. The summed E-state index contributed by atoms with van der Waals surface area (Å²) in [7, 11) is 0. The molecule has 2 fully saturated rings. The summed E-state index contributed by atoms with van der Waals surface area (Å²) in [5.41, 5.74) is -1.09. The summed E-state index contributed by atoms with van der Waals surface area (Å²) in [6, 6.07) is 2.09. The van der Waals surface area contributed by atoms with Crippen molar-refractivity contribution in [2.75, 3.05) is 42.5 Å². The number of thiophene rings is 1. The number of amides is 1. The Morgan fingerprint density at radius 1 is 1.06 bits per heavy atom. The Hall–Kier alpha value is -2.16. The minimum atomic E-state index is -1.07. The van der Waals surface area contributed by atoms with Crippen molar-refractivity contribution in [1.82, 2.24) is 14.9 Å². The van der Waals surface area contributed by atoms with Gasteiger partial charge < -0.3 is 14.5 Å². The molecule has 2 aliphatic rings. The largest absolute Gasteiger partial charge is 0.444 e. The molecule has 34 heavy (non-hydrogen) atoms. The summed E-state index contributed by atoms with van der Waals surface area (Å²) in [4.78, 5) is 28.1. The van der Waals surface area contributed by atoms with Crippen LogP contribution in [0.4, 0.5) is 20.0 Å². The Bertz CT molecular complexity index is 991. The Balaban J connectivity index is 0.00000158. The first kappa shape index (κ1) is 26.4. The maximum atomic E-state index is 14.2. The molecule has 2 saturated heterocycles. The van der Waals surface area contributed by atoms with Crippen molar-refractivity contribution in [3.05, 3.63) is 12.4 Å². The number of carbonyl (C=O) groups excluding carboxylic acids is 1. The third-order valence-electron chi connectivity index (χ3n) is 6.21. The van der Waals surface area contributed by atoms with E-state index in [1.54, 1.807) is 24.6 Å². The topological polar surface area (TPSA) is 61.8 Å². The molecular formula is C25H40FN5O2S. The molecule has 2 aromatic rings. The van der Waals surface area contributed by atoms with E-state index in [0.29, 0.717) is 45.6 Å². The number of aromatic nitrogens is 2. The number of piperazine rings is 1. The van der Waals surface area contributed by atoms with E-state index in [-0.39, 0.29) is 6.09 Å². The molecule has 0 aliphatic carbocycles. The number of nitrogens with zero attached hydrogens (tertiary/aromatic N) is 5. The van der Waals surface area contributed by atoms with Gasteiger partial charge in [0.25, 0.3) is 0 Å². The fourth-order valence-corrected chi connectivity index (χ4v) is 5.58. The zero-order chi connectivity index (χ0) is 25.3. The van der Waals surface area contributed by atoms with Gasteiger partial charge in [-0.2, -0.15) is 0 Å². The molecule has 190 valence electrons. The summed E-state index contributed by atoms with van der Waals surface area (Å²) in [5.74, 6) is 0.899. The SMILES string of the molecule is CC.CC1(F)CCN(c2cc3ncnc(N4CCN(C(=O)OC(C)(C)C)C(C)(C)C4)c3s2)CC1. The number of hydrogen-bond donors (Lipinski definition) is 0. The van der Waals surface area contributed by atoms with Gasteiger partial charge in [0, 0.05) is 32.7 Å². The first-order valence-electron chi connectivity index (χ1n) is 12.3. The highest BCUT2D eigenvalue weighted by Gasteiger charge is 2.40. The van der Waals surface area contributed by atoms with Gasteiger partial charge in [0.05, 0.1) is 20.8 Å². The van der Waals surface area contributed by atoms with E-state index in [9.17, 15) is 9.18 Å². The lowest BCUT2D eigenvalue weighted by atomic mass is 9.96. The van der Waals surface area contributed by atoms with Gasteiger partial charge in [0.2, 0.25) is 0 Å². The minimum absolute atomic E-state index is 0.279. The lowest BCUT2D eigenvalue weighted by molar-refractivity contribution is 0.000333. The van der Waals surface area contributed by atoms with E-state index in [1.807, 2.05) is 39.5 Å². The summed E-state index contributed by atoms with van der Waals surface area (Å²) >= 11 is 1.67. The van der Waals surface area contributed by atoms with Gasteiger partial charge in [-0.05, 0) is 60.5 Å². The first-order valence-corrected chi connectivity index (χ1v) is 13.1. The molecule has 7 nitrogen and oxygen atoms in total. The van der Waals surface area contributed by atoms with Crippen molar-refractivity contribution in [3.8, 4) is 0 Å². The van der Waals surface area contributed by atoms with Crippen LogP contribution in [0.15, 0.2) is 12.4 Å². The van der Waals surface area contributed by atoms with Crippen molar-refractivity contribution in [2.45, 2.75) is 85.0 Å². The zero-order valence-electron chi connectivity index (χ0n) is 21.9. The molecule has 0 saturated carbocycles. The van der Waals surface area contributed by atoms with Crippen molar-refractivity contribution >= 4 is 38.5 Å². The third kappa shape index (κ3) is 5.90. The van der Waals surface area contributed by atoms with Crippen molar-refractivity contribution in [3.63, 3.8) is 0 Å². The molecule has 0 unspecified atom stereocenters. The third-order valence-corrected chi connectivity index (χ3v) is 7.39. The normalized spacial score (nSPS) is 20.1. The van der Waals surface area contributed by atoms with Crippen LogP contribution in [0.2, 0.25) is 0 Å². The van der Waals surface area contributed by atoms with Crippen LogP contribution in [0, 0.1) is 0 Å². The van der Waals surface area contributed by atoms with E-state index in [1.165, 1.54) is 0 Å². The second kappa shape index (κ2) is 9.84. The number of halogens is 1. The molecule has 0 spiro atoms. The van der Waals surface area contributed by atoms with Crippen LogP contribution >= 0.6 is 11.3 Å². The molecule has 4 rings (SSSR count). The molecule has 2 aliphatic heterocycles. The zero-order valence-corrected chi connectivity index (χ0v) is 22.8. The molecule has 0 radical (unpaired) electrons. The van der Waals surface area contributed by atoms with Crippen molar-refractivity contribution < 1.29 is 13.9 Å². The van der Waals surface area contributed by atoms with E-state index >= 15 is 0 Å². The first-order chi connectivity index (χ1) is 15.8. The van der Waals surface area contributed by atoms with E-state index in [0.717, 1.165) is 21.0 Å². The summed E-state index contributed by atoms with van der Waals surface area (Å²) in [5, 5.41) is 1.11. The quantitative estimate of drug-likeness (QED) is 0.520. The van der Waals surface area contributed by atoms with E-state index < -0.39 is 16.8 Å². The molecule has 0 N–H and O–H groups in total. The lowest BCUT2D eigenvalue weighted by Gasteiger charge is -2.47. The van der Waals surface area contributed by atoms with Crippen LogP contribution in [0.3, 0.4) is 0 Å². The second-order valence-electron chi connectivity index (χ2n) is 10.8. The predicted octanol–water partition coefficient (Wildman–Crippen LogP) is 5.88. The fourth-order valence-electron chi connectivity index (χ4n) is 4.39. The summed E-state index contributed by atoms with van der Waals surface area (Å²) < 4.78 is 20.9. The number of hydrogen-bond acceptors (Lipinski definition) is 7. The van der Waals surface area contributed by atoms with Crippen LogP contribution in [-0.4, -0.2) is 70.5 Å². The molecule has 0 aromatic carbocycles. The van der Waals surface area contributed by atoms with E-state index in [4.69, 9.17) is 4.74 Å². The molecule has 2 aromatic heterocycles. The van der Waals surface area contributed by atoms with Gasteiger partial charge in [-0.1, -0.05) is 13.8 Å². The van der Waals surface area contributed by atoms with Crippen molar-refractivity contribution in [1.29, 1.82) is 0 Å². The van der Waals surface area contributed by atoms with Gasteiger partial charge >= 0.3 is 6.09 Å². The molecule has 1 amide bonds. The summed E-state index contributed by atoms with van der Waals surface area (Å²) in [6.07, 6.45) is 2.41. The summed E-state index contributed by atoms with van der Waals surface area (Å²) in [6.45, 7) is 18.8. The maximum Gasteiger partial charge on any atom is 0.410 e. The number of rotatable bonds is 2. The smallest absolute Gasteiger partial charge is 0.410 e. The van der Waals surface area contributed by atoms with Crippen molar-refractivity contribution in [2.24, 2.45) is 0 Å². The van der Waals surface area contributed by atoms with E-state index in [2.05, 4.69) is 39.7 Å². The number of ether oxygens (including phenoxy) is 1.